The second-order valence-electron chi connectivity index (χ2n) is 3.93. The number of methoxy groups -OCH3 is 1. The molecule has 7 nitrogen and oxygen atoms in total. The number of hydrogen-bond donors (Lipinski definition) is 2. The molecule has 3 rings (SSSR count). The van der Waals surface area contributed by atoms with Crippen molar-refractivity contribution in [2.45, 2.75) is 0 Å². The second kappa shape index (κ2) is 4.13. The molecule has 0 saturated carbocycles. The van der Waals surface area contributed by atoms with Crippen molar-refractivity contribution in [2.24, 2.45) is 0 Å². The van der Waals surface area contributed by atoms with Gasteiger partial charge in [-0.15, -0.1) is 0 Å². The zero-order chi connectivity index (χ0) is 13.4. The fourth-order valence-corrected chi connectivity index (χ4v) is 1.81. The van der Waals surface area contributed by atoms with E-state index in [1.807, 2.05) is 12.1 Å². The number of imidazole rings is 1. The number of aromatic amines is 2. The molecule has 0 saturated heterocycles. The number of aromatic nitrogens is 4. The maximum atomic E-state index is 11.6. The van der Waals surface area contributed by atoms with Crippen molar-refractivity contribution in [1.29, 1.82) is 0 Å². The number of hydrogen-bond acceptors (Lipinski definition) is 4. The lowest BCUT2D eigenvalue weighted by Crippen LogP contribution is -2.27. The highest BCUT2D eigenvalue weighted by Crippen LogP contribution is 2.20. The molecule has 2 N–H and O–H groups in total. The van der Waals surface area contributed by atoms with E-state index in [2.05, 4.69) is 15.0 Å². The normalized spacial score (nSPS) is 10.8. The fourth-order valence-electron chi connectivity index (χ4n) is 1.81. The summed E-state index contributed by atoms with van der Waals surface area (Å²) in [6.45, 7) is 0. The van der Waals surface area contributed by atoms with E-state index in [1.54, 1.807) is 25.4 Å². The van der Waals surface area contributed by atoms with Crippen LogP contribution in [-0.4, -0.2) is 26.5 Å². The number of rotatable bonds is 2. The standard InChI is InChI=1S/C12H10N4O3/c1-19-8-4-2-7(3-5-8)9-6-16-10(13-9)14-11(17)15-12(16)18/h2-6H,1H3,(H2,13,14,15,17,18). The molecule has 2 aromatic heterocycles. The number of fused-ring (bicyclic) bond motifs is 1. The van der Waals surface area contributed by atoms with Crippen LogP contribution < -0.4 is 16.1 Å². The summed E-state index contributed by atoms with van der Waals surface area (Å²) in [6, 6.07) is 7.25. The SMILES string of the molecule is COc1ccc(-c2cn3c(=O)[nH]c(=O)[nH]c3n2)cc1. The zero-order valence-electron chi connectivity index (χ0n) is 10.0. The molecule has 0 aliphatic carbocycles. The first-order valence-electron chi connectivity index (χ1n) is 5.53. The van der Waals surface area contributed by atoms with Gasteiger partial charge in [0.05, 0.1) is 12.8 Å². The predicted octanol–water partition coefficient (Wildman–Crippen LogP) is 0.386. The molecule has 0 bridgehead atoms. The summed E-state index contributed by atoms with van der Waals surface area (Å²) in [4.78, 5) is 31.5. The van der Waals surface area contributed by atoms with Gasteiger partial charge < -0.3 is 4.74 Å². The van der Waals surface area contributed by atoms with Crippen LogP contribution in [0.2, 0.25) is 0 Å². The van der Waals surface area contributed by atoms with Crippen LogP contribution in [0.4, 0.5) is 0 Å². The highest BCUT2D eigenvalue weighted by molar-refractivity contribution is 5.62. The molecular weight excluding hydrogens is 248 g/mol. The summed E-state index contributed by atoms with van der Waals surface area (Å²) >= 11 is 0. The Morgan fingerprint density at radius 3 is 2.58 bits per heavy atom. The van der Waals surface area contributed by atoms with Gasteiger partial charge in [-0.25, -0.2) is 19.0 Å². The molecule has 19 heavy (non-hydrogen) atoms. The summed E-state index contributed by atoms with van der Waals surface area (Å²) in [5, 5.41) is 0. The summed E-state index contributed by atoms with van der Waals surface area (Å²) < 4.78 is 6.32. The minimum atomic E-state index is -0.579. The number of H-pyrrole nitrogens is 2. The third kappa shape index (κ3) is 1.90. The first kappa shape index (κ1) is 11.3. The minimum Gasteiger partial charge on any atom is -0.497 e. The lowest BCUT2D eigenvalue weighted by Gasteiger charge is -1.99. The molecule has 2 heterocycles. The van der Waals surface area contributed by atoms with Gasteiger partial charge in [-0.3, -0.25) is 9.97 Å². The molecule has 0 atom stereocenters. The summed E-state index contributed by atoms with van der Waals surface area (Å²) in [5.41, 5.74) is 0.315. The van der Waals surface area contributed by atoms with Crippen LogP contribution in [0.5, 0.6) is 5.75 Å². The van der Waals surface area contributed by atoms with E-state index in [1.165, 1.54) is 4.40 Å². The Bertz CT molecular complexity index is 842. The molecule has 0 aliphatic heterocycles. The van der Waals surface area contributed by atoms with Crippen molar-refractivity contribution in [1.82, 2.24) is 19.4 Å². The van der Waals surface area contributed by atoms with Crippen LogP contribution >= 0.6 is 0 Å². The van der Waals surface area contributed by atoms with Crippen molar-refractivity contribution in [2.75, 3.05) is 7.11 Å². The highest BCUT2D eigenvalue weighted by Gasteiger charge is 2.07. The fraction of sp³-hybridized carbons (Fsp3) is 0.0833. The molecule has 7 heteroatoms. The van der Waals surface area contributed by atoms with Gasteiger partial charge in [-0.1, -0.05) is 0 Å². The Morgan fingerprint density at radius 1 is 1.16 bits per heavy atom. The Morgan fingerprint density at radius 2 is 1.89 bits per heavy atom. The maximum absolute atomic E-state index is 11.6. The van der Waals surface area contributed by atoms with E-state index in [4.69, 9.17) is 4.74 Å². The topological polar surface area (TPSA) is 92.2 Å². The summed E-state index contributed by atoms with van der Waals surface area (Å²) in [5.74, 6) is 0.943. The van der Waals surface area contributed by atoms with Crippen molar-refractivity contribution in [3.8, 4) is 17.0 Å². The van der Waals surface area contributed by atoms with Crippen LogP contribution in [0.3, 0.4) is 0 Å². The highest BCUT2D eigenvalue weighted by atomic mass is 16.5. The zero-order valence-corrected chi connectivity index (χ0v) is 10.0. The van der Waals surface area contributed by atoms with Crippen molar-refractivity contribution < 1.29 is 4.74 Å². The largest absolute Gasteiger partial charge is 0.497 e. The van der Waals surface area contributed by atoms with Crippen LogP contribution in [0, 0.1) is 0 Å². The van der Waals surface area contributed by atoms with Gasteiger partial charge in [-0.05, 0) is 24.3 Å². The molecule has 96 valence electrons. The van der Waals surface area contributed by atoms with Gasteiger partial charge in [0.2, 0.25) is 5.78 Å². The average molecular weight is 258 g/mol. The number of benzene rings is 1. The Hall–Kier alpha value is -2.83. The third-order valence-corrected chi connectivity index (χ3v) is 2.76. The van der Waals surface area contributed by atoms with Crippen LogP contribution in [0.15, 0.2) is 40.1 Å². The third-order valence-electron chi connectivity index (χ3n) is 2.76. The molecule has 1 aromatic carbocycles. The van der Waals surface area contributed by atoms with Gasteiger partial charge in [0.1, 0.15) is 5.75 Å². The first-order valence-corrected chi connectivity index (χ1v) is 5.53. The van der Waals surface area contributed by atoms with Gasteiger partial charge in [0.25, 0.3) is 0 Å². The van der Waals surface area contributed by atoms with E-state index < -0.39 is 11.4 Å². The Kier molecular flexibility index (Phi) is 2.45. The Balaban J connectivity index is 2.17. The molecule has 0 aliphatic rings. The number of ether oxygens (including phenoxy) is 1. The molecule has 0 radical (unpaired) electrons. The lowest BCUT2D eigenvalue weighted by atomic mass is 10.2. The van der Waals surface area contributed by atoms with Crippen molar-refractivity contribution in [3.05, 3.63) is 51.4 Å². The average Bonchev–Trinajstić information content (AvgIpc) is 2.83. The predicted molar refractivity (Wildman–Crippen MR) is 68.4 cm³/mol. The van der Waals surface area contributed by atoms with E-state index >= 15 is 0 Å². The molecular formula is C12H10N4O3. The second-order valence-corrected chi connectivity index (χ2v) is 3.93. The van der Waals surface area contributed by atoms with E-state index in [9.17, 15) is 9.59 Å². The van der Waals surface area contributed by atoms with Crippen molar-refractivity contribution in [3.63, 3.8) is 0 Å². The van der Waals surface area contributed by atoms with Gasteiger partial charge in [0.15, 0.2) is 0 Å². The molecule has 0 fully saturated rings. The lowest BCUT2D eigenvalue weighted by molar-refractivity contribution is 0.415. The Labute approximate surface area is 106 Å². The monoisotopic (exact) mass is 258 g/mol. The summed E-state index contributed by atoms with van der Waals surface area (Å²) in [7, 11) is 1.59. The first-order chi connectivity index (χ1) is 9.17. The van der Waals surface area contributed by atoms with Gasteiger partial charge in [-0.2, -0.15) is 0 Å². The van der Waals surface area contributed by atoms with Crippen molar-refractivity contribution >= 4 is 5.78 Å². The quantitative estimate of drug-likeness (QED) is 0.695. The number of nitrogens with one attached hydrogen (secondary N) is 2. The van der Waals surface area contributed by atoms with E-state index in [0.717, 1.165) is 11.3 Å². The molecule has 0 amide bonds. The van der Waals surface area contributed by atoms with Crippen LogP contribution in [-0.2, 0) is 0 Å². The smallest absolute Gasteiger partial charge is 0.336 e. The molecule has 0 unspecified atom stereocenters. The van der Waals surface area contributed by atoms with E-state index in [-0.39, 0.29) is 5.78 Å². The van der Waals surface area contributed by atoms with Gasteiger partial charge >= 0.3 is 11.4 Å². The van der Waals surface area contributed by atoms with E-state index in [0.29, 0.717) is 5.69 Å². The summed E-state index contributed by atoms with van der Waals surface area (Å²) in [6.07, 6.45) is 1.56. The molecule has 3 aromatic rings. The molecule has 0 spiro atoms. The minimum absolute atomic E-state index is 0.208. The maximum Gasteiger partial charge on any atom is 0.336 e. The number of nitrogens with zero attached hydrogens (tertiary/aromatic N) is 2. The van der Waals surface area contributed by atoms with Crippen LogP contribution in [0.1, 0.15) is 0 Å². The van der Waals surface area contributed by atoms with Crippen LogP contribution in [0.25, 0.3) is 17.0 Å². The van der Waals surface area contributed by atoms with Gasteiger partial charge in [0, 0.05) is 11.8 Å².